The Balaban J connectivity index is 1.49. The highest BCUT2D eigenvalue weighted by molar-refractivity contribution is 9.10. The molecule has 4 aromatic rings. The second-order valence-corrected chi connectivity index (χ2v) is 11.7. The maximum absolute atomic E-state index is 14.1. The monoisotopic (exact) mass is 677 g/mol. The van der Waals surface area contributed by atoms with E-state index in [9.17, 15) is 18.8 Å². The van der Waals surface area contributed by atoms with E-state index in [2.05, 4.69) is 31.9 Å². The summed E-state index contributed by atoms with van der Waals surface area (Å²) in [6.45, 7) is 1.71. The standard InChI is InChI=1S/C33H29BrFN3O5S/c1-20(31(39)37-28-15-9-23(34)19-27(28)35)44-26-13-10-24(11-14-26)36-33(41)29(38-32(40)21-7-5-4-6-8-21)18-22-17-25(42-2)12-16-30(22)43-3/h4-20H,1-3H3,(H,36,41)(H,37,39)(H,38,40)/b29-18-. The number of thioether (sulfide) groups is 1. The number of amides is 3. The molecule has 4 rings (SSSR count). The molecule has 0 spiro atoms. The first-order valence-corrected chi connectivity index (χ1v) is 15.0. The van der Waals surface area contributed by atoms with Crippen molar-refractivity contribution in [3.05, 3.63) is 118 Å². The van der Waals surface area contributed by atoms with Gasteiger partial charge in [-0.1, -0.05) is 34.1 Å². The Bertz CT molecular complexity index is 1680. The molecule has 0 saturated heterocycles. The molecule has 3 N–H and O–H groups in total. The van der Waals surface area contributed by atoms with Crippen LogP contribution in [-0.4, -0.2) is 37.2 Å². The van der Waals surface area contributed by atoms with Crippen LogP contribution in [-0.2, 0) is 9.59 Å². The predicted octanol–water partition coefficient (Wildman–Crippen LogP) is 7.13. The third-order valence-corrected chi connectivity index (χ3v) is 7.85. The average molecular weight is 679 g/mol. The van der Waals surface area contributed by atoms with Crippen molar-refractivity contribution in [2.45, 2.75) is 17.1 Å². The topological polar surface area (TPSA) is 106 Å². The van der Waals surface area contributed by atoms with Crippen LogP contribution in [0.3, 0.4) is 0 Å². The largest absolute Gasteiger partial charge is 0.497 e. The van der Waals surface area contributed by atoms with Gasteiger partial charge in [0, 0.05) is 26.2 Å². The van der Waals surface area contributed by atoms with Crippen LogP contribution in [0.2, 0.25) is 0 Å². The predicted molar refractivity (Wildman–Crippen MR) is 175 cm³/mol. The Morgan fingerprint density at radius 2 is 1.61 bits per heavy atom. The number of carbonyl (C=O) groups is 3. The van der Waals surface area contributed by atoms with E-state index in [-0.39, 0.29) is 17.3 Å². The van der Waals surface area contributed by atoms with Crippen LogP contribution in [0.4, 0.5) is 15.8 Å². The summed E-state index contributed by atoms with van der Waals surface area (Å²) in [5, 5.41) is 7.58. The highest BCUT2D eigenvalue weighted by Crippen LogP contribution is 2.28. The molecule has 1 unspecified atom stereocenters. The van der Waals surface area contributed by atoms with E-state index in [0.717, 1.165) is 4.90 Å². The smallest absolute Gasteiger partial charge is 0.272 e. The summed E-state index contributed by atoms with van der Waals surface area (Å²) >= 11 is 4.47. The van der Waals surface area contributed by atoms with Gasteiger partial charge in [-0.3, -0.25) is 14.4 Å². The minimum Gasteiger partial charge on any atom is -0.497 e. The van der Waals surface area contributed by atoms with Crippen molar-refractivity contribution < 1.29 is 28.2 Å². The van der Waals surface area contributed by atoms with Crippen LogP contribution in [0.5, 0.6) is 11.5 Å². The lowest BCUT2D eigenvalue weighted by Crippen LogP contribution is -2.30. The zero-order chi connectivity index (χ0) is 31.6. The average Bonchev–Trinajstić information content (AvgIpc) is 3.03. The van der Waals surface area contributed by atoms with Crippen molar-refractivity contribution in [1.29, 1.82) is 0 Å². The van der Waals surface area contributed by atoms with Crippen LogP contribution in [0, 0.1) is 5.82 Å². The summed E-state index contributed by atoms with van der Waals surface area (Å²) in [5.41, 5.74) is 1.44. The zero-order valence-corrected chi connectivity index (χ0v) is 26.4. The Hall–Kier alpha value is -4.61. The second-order valence-electron chi connectivity index (χ2n) is 9.34. The number of rotatable bonds is 11. The number of methoxy groups -OCH3 is 2. The highest BCUT2D eigenvalue weighted by Gasteiger charge is 2.18. The Kier molecular flexibility index (Phi) is 11.2. The van der Waals surface area contributed by atoms with Gasteiger partial charge in [-0.25, -0.2) is 4.39 Å². The van der Waals surface area contributed by atoms with Crippen LogP contribution in [0.15, 0.2) is 106 Å². The molecule has 0 bridgehead atoms. The molecule has 0 aliphatic carbocycles. The van der Waals surface area contributed by atoms with Gasteiger partial charge in [0.05, 0.1) is 25.2 Å². The van der Waals surface area contributed by atoms with Gasteiger partial charge in [-0.05, 0) is 85.8 Å². The maximum Gasteiger partial charge on any atom is 0.272 e. The maximum atomic E-state index is 14.1. The number of nitrogens with one attached hydrogen (secondary N) is 3. The summed E-state index contributed by atoms with van der Waals surface area (Å²) in [6.07, 6.45) is 1.51. The van der Waals surface area contributed by atoms with E-state index in [1.165, 1.54) is 44.2 Å². The molecule has 44 heavy (non-hydrogen) atoms. The van der Waals surface area contributed by atoms with E-state index in [0.29, 0.717) is 32.8 Å². The van der Waals surface area contributed by atoms with E-state index in [1.54, 1.807) is 85.8 Å². The minimum atomic E-state index is -0.566. The van der Waals surface area contributed by atoms with Crippen molar-refractivity contribution in [3.63, 3.8) is 0 Å². The Morgan fingerprint density at radius 1 is 0.886 bits per heavy atom. The molecule has 0 aliphatic rings. The van der Waals surface area contributed by atoms with Crippen molar-refractivity contribution in [3.8, 4) is 11.5 Å². The lowest BCUT2D eigenvalue weighted by Gasteiger charge is -2.14. The van der Waals surface area contributed by atoms with Crippen LogP contribution in [0.1, 0.15) is 22.8 Å². The first-order valence-electron chi connectivity index (χ1n) is 13.3. The van der Waals surface area contributed by atoms with Crippen LogP contribution < -0.4 is 25.4 Å². The molecule has 11 heteroatoms. The number of ether oxygens (including phenoxy) is 2. The Labute approximate surface area is 267 Å². The quantitative estimate of drug-likeness (QED) is 0.115. The normalized spacial score (nSPS) is 11.7. The van der Waals surface area contributed by atoms with Gasteiger partial charge in [-0.2, -0.15) is 0 Å². The molecule has 3 amide bonds. The molecule has 0 saturated carbocycles. The fraction of sp³-hybridized carbons (Fsp3) is 0.121. The summed E-state index contributed by atoms with van der Waals surface area (Å²) in [4.78, 5) is 39.8. The summed E-state index contributed by atoms with van der Waals surface area (Å²) in [5.74, 6) is -0.898. The molecular formula is C33H29BrFN3O5S. The van der Waals surface area contributed by atoms with E-state index in [4.69, 9.17) is 9.47 Å². The fourth-order valence-electron chi connectivity index (χ4n) is 3.95. The fourth-order valence-corrected chi connectivity index (χ4v) is 5.15. The van der Waals surface area contributed by atoms with Gasteiger partial charge in [0.15, 0.2) is 0 Å². The first kappa shape index (κ1) is 32.3. The number of hydrogen-bond donors (Lipinski definition) is 3. The minimum absolute atomic E-state index is 0.0191. The van der Waals surface area contributed by atoms with E-state index < -0.39 is 22.9 Å². The summed E-state index contributed by atoms with van der Waals surface area (Å²) in [6, 6.07) is 24.9. The van der Waals surface area contributed by atoms with Crippen LogP contribution in [0.25, 0.3) is 6.08 Å². The van der Waals surface area contributed by atoms with Gasteiger partial charge >= 0.3 is 0 Å². The van der Waals surface area contributed by atoms with Crippen molar-refractivity contribution in [2.75, 3.05) is 24.9 Å². The number of carbonyl (C=O) groups excluding carboxylic acids is 3. The van der Waals surface area contributed by atoms with Gasteiger partial charge < -0.3 is 25.4 Å². The molecular weight excluding hydrogens is 649 g/mol. The summed E-state index contributed by atoms with van der Waals surface area (Å²) < 4.78 is 25.5. The lowest BCUT2D eigenvalue weighted by atomic mass is 10.1. The molecule has 8 nitrogen and oxygen atoms in total. The van der Waals surface area contributed by atoms with E-state index >= 15 is 0 Å². The molecule has 0 aromatic heterocycles. The van der Waals surface area contributed by atoms with Gasteiger partial charge in [0.25, 0.3) is 11.8 Å². The van der Waals surface area contributed by atoms with Crippen LogP contribution >= 0.6 is 27.7 Å². The highest BCUT2D eigenvalue weighted by atomic mass is 79.9. The Morgan fingerprint density at radius 3 is 2.27 bits per heavy atom. The van der Waals surface area contributed by atoms with Crippen molar-refractivity contribution >= 4 is 62.9 Å². The number of hydrogen-bond acceptors (Lipinski definition) is 6. The second kappa shape index (κ2) is 15.2. The zero-order valence-electron chi connectivity index (χ0n) is 24.0. The van der Waals surface area contributed by atoms with Gasteiger partial charge in [0.2, 0.25) is 5.91 Å². The van der Waals surface area contributed by atoms with Crippen molar-refractivity contribution in [2.24, 2.45) is 0 Å². The molecule has 0 radical (unpaired) electrons. The molecule has 0 heterocycles. The van der Waals surface area contributed by atoms with Crippen molar-refractivity contribution in [1.82, 2.24) is 5.32 Å². The SMILES string of the molecule is COc1ccc(OC)c(/C=C(\NC(=O)c2ccccc2)C(=O)Nc2ccc(SC(C)C(=O)Nc3ccc(Br)cc3F)cc2)c1. The van der Waals surface area contributed by atoms with Gasteiger partial charge in [0.1, 0.15) is 23.0 Å². The molecule has 4 aromatic carbocycles. The number of halogens is 2. The third kappa shape index (κ3) is 8.71. The first-order chi connectivity index (χ1) is 21.2. The number of anilines is 2. The third-order valence-electron chi connectivity index (χ3n) is 6.25. The summed E-state index contributed by atoms with van der Waals surface area (Å²) in [7, 11) is 3.03. The lowest BCUT2D eigenvalue weighted by molar-refractivity contribution is -0.115. The number of benzene rings is 4. The van der Waals surface area contributed by atoms with Gasteiger partial charge in [-0.15, -0.1) is 11.8 Å². The molecule has 1 atom stereocenters. The molecule has 0 fully saturated rings. The van der Waals surface area contributed by atoms with E-state index in [1.807, 2.05) is 0 Å². The molecule has 0 aliphatic heterocycles. The molecule has 226 valence electrons.